The lowest BCUT2D eigenvalue weighted by Crippen LogP contribution is -2.55. The van der Waals surface area contributed by atoms with Crippen LogP contribution >= 0.6 is 0 Å². The highest BCUT2D eigenvalue weighted by Crippen LogP contribution is 2.19. The van der Waals surface area contributed by atoms with Gasteiger partial charge in [-0.05, 0) is 73.6 Å². The molecule has 310 valence electrons. The van der Waals surface area contributed by atoms with Crippen LogP contribution in [0.15, 0.2) is 104 Å². The Labute approximate surface area is 342 Å². The highest BCUT2D eigenvalue weighted by Gasteiger charge is 2.32. The van der Waals surface area contributed by atoms with Crippen molar-refractivity contribution in [2.75, 3.05) is 0 Å². The fraction of sp³-hybridized carbons (Fsp3) is 0.435. The minimum Gasteiger partial charge on any atom is -0.390 e. The summed E-state index contributed by atoms with van der Waals surface area (Å²) in [5.74, 6) is -2.98. The Kier molecular flexibility index (Phi) is 18.3. The summed E-state index contributed by atoms with van der Waals surface area (Å²) in [5.41, 5.74) is 3.14. The minimum atomic E-state index is -1.32. The lowest BCUT2D eigenvalue weighted by Gasteiger charge is -2.29. The van der Waals surface area contributed by atoms with Crippen LogP contribution in [0.5, 0.6) is 0 Å². The maximum Gasteiger partial charge on any atom is 0.257 e. The molecule has 12 heteroatoms. The normalized spacial score (nSPS) is 13.8. The topological polar surface area (TPSA) is 182 Å². The summed E-state index contributed by atoms with van der Waals surface area (Å²) in [4.78, 5) is 74.7. The monoisotopic (exact) mass is 792 g/mol. The van der Waals surface area contributed by atoms with Crippen LogP contribution < -0.4 is 21.3 Å². The molecule has 6 N–H and O–H groups in total. The van der Waals surface area contributed by atoms with E-state index in [-0.39, 0.29) is 30.6 Å². The zero-order chi connectivity index (χ0) is 41.9. The van der Waals surface area contributed by atoms with Crippen molar-refractivity contribution >= 4 is 29.5 Å². The Balaban J connectivity index is 1.44. The van der Waals surface area contributed by atoms with Crippen LogP contribution in [-0.4, -0.2) is 68.8 Å². The van der Waals surface area contributed by atoms with E-state index in [1.165, 1.54) is 11.9 Å². The number of aromatic amines is 1. The van der Waals surface area contributed by atoms with Gasteiger partial charge in [0, 0.05) is 24.1 Å². The van der Waals surface area contributed by atoms with Gasteiger partial charge in [0.15, 0.2) is 0 Å². The number of H-pyrrole nitrogens is 1. The van der Waals surface area contributed by atoms with Gasteiger partial charge in [-0.1, -0.05) is 113 Å². The number of amides is 5. The number of aliphatic hydroxyl groups excluding tert-OH is 1. The van der Waals surface area contributed by atoms with Crippen LogP contribution in [-0.2, 0) is 38.4 Å². The Morgan fingerprint density at radius 3 is 1.90 bits per heavy atom. The molecule has 4 rings (SSSR count). The summed E-state index contributed by atoms with van der Waals surface area (Å²) >= 11 is 0. The first-order valence-corrected chi connectivity index (χ1v) is 20.4. The highest BCUT2D eigenvalue weighted by atomic mass is 16.3. The maximum atomic E-state index is 14.1. The van der Waals surface area contributed by atoms with E-state index in [1.54, 1.807) is 36.5 Å². The number of aromatic nitrogens is 2. The van der Waals surface area contributed by atoms with Crippen molar-refractivity contribution in [2.24, 2.45) is 17.8 Å². The number of unbranched alkanes of at least 4 members (excludes halogenated alkanes) is 1. The van der Waals surface area contributed by atoms with Gasteiger partial charge in [0.25, 0.3) is 5.91 Å². The number of nitrogens with one attached hydrogen (secondary N) is 5. The predicted molar refractivity (Wildman–Crippen MR) is 224 cm³/mol. The summed E-state index contributed by atoms with van der Waals surface area (Å²) in [6, 6.07) is 25.4. The van der Waals surface area contributed by atoms with Gasteiger partial charge in [0.05, 0.1) is 30.6 Å². The van der Waals surface area contributed by atoms with E-state index >= 15 is 0 Å². The molecule has 0 saturated heterocycles. The number of imide groups is 1. The number of hydrogen-bond acceptors (Lipinski definition) is 7. The first-order valence-electron chi connectivity index (χ1n) is 20.4. The summed E-state index contributed by atoms with van der Waals surface area (Å²) in [5, 5.41) is 22.5. The molecule has 5 amide bonds. The van der Waals surface area contributed by atoms with Crippen LogP contribution in [0.2, 0.25) is 0 Å². The average molecular weight is 793 g/mol. The van der Waals surface area contributed by atoms with Crippen LogP contribution in [0, 0.1) is 17.8 Å². The second-order valence-electron chi connectivity index (χ2n) is 15.9. The van der Waals surface area contributed by atoms with Crippen LogP contribution in [0.25, 0.3) is 0 Å². The number of carbonyl (C=O) groups excluding carboxylic acids is 5. The molecule has 1 aromatic heterocycles. The van der Waals surface area contributed by atoms with Gasteiger partial charge in [-0.3, -0.25) is 29.3 Å². The van der Waals surface area contributed by atoms with Gasteiger partial charge in [0.2, 0.25) is 23.6 Å². The molecule has 0 radical (unpaired) electrons. The molecule has 5 atom stereocenters. The quantitative estimate of drug-likeness (QED) is 0.0538. The number of carbonyl (C=O) groups is 5. The zero-order valence-electron chi connectivity index (χ0n) is 34.2. The zero-order valence-corrected chi connectivity index (χ0v) is 34.2. The third kappa shape index (κ3) is 15.7. The molecule has 0 bridgehead atoms. The number of aryl methyl sites for hydroxylation is 1. The molecule has 58 heavy (non-hydrogen) atoms. The number of nitrogens with zero attached hydrogens (tertiary/aromatic N) is 1. The largest absolute Gasteiger partial charge is 0.390 e. The van der Waals surface area contributed by atoms with Gasteiger partial charge >= 0.3 is 0 Å². The van der Waals surface area contributed by atoms with Gasteiger partial charge < -0.3 is 26.0 Å². The molecule has 3 aromatic carbocycles. The number of aliphatic hydroxyl groups is 1. The molecule has 1 unspecified atom stereocenters. The van der Waals surface area contributed by atoms with E-state index in [0.717, 1.165) is 24.8 Å². The van der Waals surface area contributed by atoms with E-state index in [9.17, 15) is 29.1 Å². The predicted octanol–water partition coefficient (Wildman–Crippen LogP) is 5.48. The molecule has 0 aliphatic heterocycles. The molecule has 0 aliphatic carbocycles. The molecule has 0 aliphatic rings. The van der Waals surface area contributed by atoms with Gasteiger partial charge in [0.1, 0.15) is 12.1 Å². The number of benzene rings is 3. The van der Waals surface area contributed by atoms with Gasteiger partial charge in [-0.25, -0.2) is 4.98 Å². The summed E-state index contributed by atoms with van der Waals surface area (Å²) < 4.78 is 0. The smallest absolute Gasteiger partial charge is 0.257 e. The standard InChI is InChI=1S/C46H60N6O6/c1-31(2)24-38(41(53)28-42(54)49-39(25-32(3)4)46(58)52-43(55)35-21-12-7-13-22-35)50-45(57)40(27-37-29-47-30-48-37)51-44(56)36(26-34-19-10-6-11-20-34)23-15-14-18-33-16-8-5-9-17-33/h5-13,16-17,19-22,29-32,36,38-41,53H,14-15,18,23-28H2,1-4H3,(H,47,48)(H,49,54)(H,50,57)(H,51,56)(H,52,55,58)/t36?,38-,39-,40-,41-/m0/s1. The van der Waals surface area contributed by atoms with Crippen molar-refractivity contribution in [1.82, 2.24) is 31.2 Å². The fourth-order valence-electron chi connectivity index (χ4n) is 6.95. The molecule has 0 spiro atoms. The minimum absolute atomic E-state index is 0.00372. The first-order chi connectivity index (χ1) is 27.9. The van der Waals surface area contributed by atoms with Crippen molar-refractivity contribution in [1.29, 1.82) is 0 Å². The third-order valence-electron chi connectivity index (χ3n) is 9.95. The van der Waals surface area contributed by atoms with E-state index in [4.69, 9.17) is 0 Å². The Morgan fingerprint density at radius 2 is 1.29 bits per heavy atom. The van der Waals surface area contributed by atoms with E-state index in [1.807, 2.05) is 76.2 Å². The van der Waals surface area contributed by atoms with Crippen molar-refractivity contribution < 1.29 is 29.1 Å². The second-order valence-corrected chi connectivity index (χ2v) is 15.9. The van der Waals surface area contributed by atoms with E-state index in [0.29, 0.717) is 30.5 Å². The number of hydrogen-bond donors (Lipinski definition) is 6. The number of rotatable bonds is 23. The lowest BCUT2D eigenvalue weighted by molar-refractivity contribution is -0.133. The Morgan fingerprint density at radius 1 is 0.672 bits per heavy atom. The van der Waals surface area contributed by atoms with Crippen molar-refractivity contribution in [3.8, 4) is 0 Å². The average Bonchev–Trinajstić information content (AvgIpc) is 3.72. The van der Waals surface area contributed by atoms with E-state index < -0.39 is 60.2 Å². The summed E-state index contributed by atoms with van der Waals surface area (Å²) in [6.07, 6.45) is 5.91. The number of imidazole rings is 1. The third-order valence-corrected chi connectivity index (χ3v) is 9.95. The lowest BCUT2D eigenvalue weighted by atomic mass is 9.91. The highest BCUT2D eigenvalue weighted by molar-refractivity contribution is 6.06. The molecule has 1 heterocycles. The molecule has 4 aromatic rings. The molecular weight excluding hydrogens is 733 g/mol. The maximum absolute atomic E-state index is 14.1. The molecule has 0 fully saturated rings. The molecule has 12 nitrogen and oxygen atoms in total. The summed E-state index contributed by atoms with van der Waals surface area (Å²) in [6.45, 7) is 7.66. The molecular formula is C46H60N6O6. The van der Waals surface area contributed by atoms with E-state index in [2.05, 4.69) is 43.4 Å². The second kappa shape index (κ2) is 23.6. The van der Waals surface area contributed by atoms with Crippen LogP contribution in [0.1, 0.15) is 93.4 Å². The van der Waals surface area contributed by atoms with Crippen molar-refractivity contribution in [3.63, 3.8) is 0 Å². The Bertz CT molecular complexity index is 1850. The summed E-state index contributed by atoms with van der Waals surface area (Å²) in [7, 11) is 0. The van der Waals surface area contributed by atoms with Crippen molar-refractivity contribution in [2.45, 2.75) is 110 Å². The molecule has 0 saturated carbocycles. The fourth-order valence-corrected chi connectivity index (χ4v) is 6.95. The van der Waals surface area contributed by atoms with Crippen LogP contribution in [0.3, 0.4) is 0 Å². The van der Waals surface area contributed by atoms with Gasteiger partial charge in [-0.2, -0.15) is 0 Å². The van der Waals surface area contributed by atoms with Gasteiger partial charge in [-0.15, -0.1) is 0 Å². The Hall–Kier alpha value is -5.62. The van der Waals surface area contributed by atoms with Crippen molar-refractivity contribution in [3.05, 3.63) is 126 Å². The SMILES string of the molecule is CC(C)C[C@H](NC(=O)C[C@H](O)[C@H](CC(C)C)NC(=O)[C@H](Cc1c[nH]cn1)NC(=O)C(CCCCc1ccccc1)Cc1ccccc1)C(=O)NC(=O)c1ccccc1. The first kappa shape index (κ1) is 45.1. The van der Waals surface area contributed by atoms with Crippen LogP contribution in [0.4, 0.5) is 0 Å².